The molecule has 4 heteroatoms. The van der Waals surface area contributed by atoms with Crippen LogP contribution in [0.5, 0.6) is 0 Å². The maximum atomic E-state index is 10.5. The SMILES string of the molecule is O=S(O)CCCCN1CCc2ccccc21. The third kappa shape index (κ3) is 2.83. The first kappa shape index (κ1) is 11.6. The Bertz CT molecular complexity index is 381. The highest BCUT2D eigenvalue weighted by Crippen LogP contribution is 2.27. The molecule has 0 aromatic heterocycles. The van der Waals surface area contributed by atoms with Gasteiger partial charge in [0.2, 0.25) is 0 Å². The zero-order valence-electron chi connectivity index (χ0n) is 9.26. The number of fused-ring (bicyclic) bond motifs is 1. The Morgan fingerprint density at radius 2 is 2.12 bits per heavy atom. The molecule has 1 N–H and O–H groups in total. The van der Waals surface area contributed by atoms with Gasteiger partial charge in [-0.3, -0.25) is 0 Å². The van der Waals surface area contributed by atoms with Crippen molar-refractivity contribution >= 4 is 16.8 Å². The van der Waals surface area contributed by atoms with E-state index in [9.17, 15) is 4.21 Å². The van der Waals surface area contributed by atoms with Crippen molar-refractivity contribution in [1.82, 2.24) is 0 Å². The summed E-state index contributed by atoms with van der Waals surface area (Å²) in [6.45, 7) is 2.08. The molecule has 1 aromatic rings. The standard InChI is InChI=1S/C12H17NO2S/c14-16(15)10-4-3-8-13-9-7-11-5-1-2-6-12(11)13/h1-2,5-6H,3-4,7-10H2,(H,14,15). The average molecular weight is 239 g/mol. The molecular formula is C12H17NO2S. The van der Waals surface area contributed by atoms with Crippen molar-refractivity contribution in [2.75, 3.05) is 23.7 Å². The average Bonchev–Trinajstić information content (AvgIpc) is 2.68. The highest BCUT2D eigenvalue weighted by molar-refractivity contribution is 7.79. The van der Waals surface area contributed by atoms with Crippen LogP contribution in [0.4, 0.5) is 5.69 Å². The second-order valence-electron chi connectivity index (χ2n) is 4.10. The van der Waals surface area contributed by atoms with Gasteiger partial charge in [-0.2, -0.15) is 0 Å². The first-order chi connectivity index (χ1) is 7.77. The maximum absolute atomic E-state index is 10.5. The van der Waals surface area contributed by atoms with E-state index in [0.29, 0.717) is 5.75 Å². The predicted octanol–water partition coefficient (Wildman–Crippen LogP) is 2.05. The molecule has 0 aliphatic carbocycles. The molecule has 3 nitrogen and oxygen atoms in total. The van der Waals surface area contributed by atoms with Crippen LogP contribution >= 0.6 is 0 Å². The molecule has 0 saturated heterocycles. The summed E-state index contributed by atoms with van der Waals surface area (Å²) in [5.74, 6) is 0.398. The summed E-state index contributed by atoms with van der Waals surface area (Å²) in [5, 5.41) is 0. The van der Waals surface area contributed by atoms with Crippen molar-refractivity contribution in [3.8, 4) is 0 Å². The Labute approximate surface area is 98.8 Å². The number of benzene rings is 1. The first-order valence-corrected chi connectivity index (χ1v) is 6.95. The van der Waals surface area contributed by atoms with Gasteiger partial charge in [-0.1, -0.05) is 18.2 Å². The second-order valence-corrected chi connectivity index (χ2v) is 5.15. The van der Waals surface area contributed by atoms with E-state index in [-0.39, 0.29) is 0 Å². The van der Waals surface area contributed by atoms with Gasteiger partial charge in [0.1, 0.15) is 0 Å². The van der Waals surface area contributed by atoms with E-state index < -0.39 is 11.1 Å². The van der Waals surface area contributed by atoms with Crippen molar-refractivity contribution in [1.29, 1.82) is 0 Å². The fraction of sp³-hybridized carbons (Fsp3) is 0.500. The van der Waals surface area contributed by atoms with Crippen LogP contribution in [0.1, 0.15) is 18.4 Å². The van der Waals surface area contributed by atoms with Crippen LogP contribution in [0.2, 0.25) is 0 Å². The third-order valence-electron chi connectivity index (χ3n) is 2.98. The maximum Gasteiger partial charge on any atom is 0.152 e. The minimum atomic E-state index is -1.63. The van der Waals surface area contributed by atoms with Crippen LogP contribution in [0.25, 0.3) is 0 Å². The summed E-state index contributed by atoms with van der Waals surface area (Å²) in [6.07, 6.45) is 2.94. The van der Waals surface area contributed by atoms with E-state index in [1.165, 1.54) is 11.3 Å². The van der Waals surface area contributed by atoms with E-state index in [0.717, 1.165) is 32.4 Å². The summed E-state index contributed by atoms with van der Waals surface area (Å²) in [4.78, 5) is 2.37. The Kier molecular flexibility index (Phi) is 3.96. The van der Waals surface area contributed by atoms with Crippen LogP contribution in [0, 0.1) is 0 Å². The van der Waals surface area contributed by atoms with E-state index in [1.54, 1.807) is 0 Å². The molecule has 1 heterocycles. The van der Waals surface area contributed by atoms with Crippen molar-refractivity contribution < 1.29 is 8.76 Å². The number of para-hydroxylation sites is 1. The Hall–Kier alpha value is -0.870. The lowest BCUT2D eigenvalue weighted by molar-refractivity contribution is 0.560. The lowest BCUT2D eigenvalue weighted by Gasteiger charge is -2.18. The molecular weight excluding hydrogens is 222 g/mol. The number of anilines is 1. The third-order valence-corrected chi connectivity index (χ3v) is 3.62. The highest BCUT2D eigenvalue weighted by atomic mass is 32.2. The zero-order chi connectivity index (χ0) is 11.4. The minimum Gasteiger partial charge on any atom is -0.371 e. The monoisotopic (exact) mass is 239 g/mol. The number of hydrogen-bond acceptors (Lipinski definition) is 2. The van der Waals surface area contributed by atoms with Gasteiger partial charge in [0.15, 0.2) is 11.1 Å². The normalized spacial score (nSPS) is 16.2. The summed E-state index contributed by atoms with van der Waals surface area (Å²) in [7, 11) is 0. The molecule has 1 atom stereocenters. The number of rotatable bonds is 5. The topological polar surface area (TPSA) is 40.5 Å². The van der Waals surface area contributed by atoms with Crippen LogP contribution in [0.15, 0.2) is 24.3 Å². The molecule has 0 bridgehead atoms. The molecule has 0 radical (unpaired) electrons. The molecule has 1 unspecified atom stereocenters. The molecule has 2 rings (SSSR count). The fourth-order valence-corrected chi connectivity index (χ4v) is 2.62. The van der Waals surface area contributed by atoms with Crippen LogP contribution in [-0.4, -0.2) is 27.6 Å². The summed E-state index contributed by atoms with van der Waals surface area (Å²) < 4.78 is 19.2. The largest absolute Gasteiger partial charge is 0.371 e. The molecule has 88 valence electrons. The van der Waals surface area contributed by atoms with E-state index in [2.05, 4.69) is 29.2 Å². The van der Waals surface area contributed by atoms with Crippen LogP contribution in [0.3, 0.4) is 0 Å². The molecule has 0 fully saturated rings. The quantitative estimate of drug-likeness (QED) is 0.631. The van der Waals surface area contributed by atoms with Gasteiger partial charge in [-0.15, -0.1) is 0 Å². The first-order valence-electron chi connectivity index (χ1n) is 5.67. The summed E-state index contributed by atoms with van der Waals surface area (Å²) >= 11 is -1.63. The summed E-state index contributed by atoms with van der Waals surface area (Å²) in [6, 6.07) is 8.49. The van der Waals surface area contributed by atoms with E-state index >= 15 is 0 Å². The number of hydrogen-bond donors (Lipinski definition) is 1. The molecule has 1 aliphatic rings. The molecule has 16 heavy (non-hydrogen) atoms. The number of nitrogens with zero attached hydrogens (tertiary/aromatic N) is 1. The lowest BCUT2D eigenvalue weighted by Crippen LogP contribution is -2.21. The zero-order valence-corrected chi connectivity index (χ0v) is 10.1. The van der Waals surface area contributed by atoms with Crippen molar-refractivity contribution in [2.24, 2.45) is 0 Å². The van der Waals surface area contributed by atoms with Crippen LogP contribution < -0.4 is 4.90 Å². The van der Waals surface area contributed by atoms with Crippen molar-refractivity contribution in [3.63, 3.8) is 0 Å². The van der Waals surface area contributed by atoms with Gasteiger partial charge in [0.25, 0.3) is 0 Å². The smallest absolute Gasteiger partial charge is 0.152 e. The van der Waals surface area contributed by atoms with Crippen molar-refractivity contribution in [2.45, 2.75) is 19.3 Å². The molecule has 1 aliphatic heterocycles. The van der Waals surface area contributed by atoms with Gasteiger partial charge in [-0.05, 0) is 30.9 Å². The Morgan fingerprint density at radius 3 is 2.94 bits per heavy atom. The molecule has 0 saturated carbocycles. The van der Waals surface area contributed by atoms with Gasteiger partial charge >= 0.3 is 0 Å². The van der Waals surface area contributed by atoms with E-state index in [1.807, 2.05) is 0 Å². The van der Waals surface area contributed by atoms with Gasteiger partial charge in [0, 0.05) is 24.5 Å². The Morgan fingerprint density at radius 1 is 1.31 bits per heavy atom. The summed E-state index contributed by atoms with van der Waals surface area (Å²) in [5.41, 5.74) is 2.76. The molecule has 0 amide bonds. The number of unbranched alkanes of at least 4 members (excludes halogenated alkanes) is 1. The fourth-order valence-electron chi connectivity index (χ4n) is 2.17. The van der Waals surface area contributed by atoms with Crippen molar-refractivity contribution in [3.05, 3.63) is 29.8 Å². The second kappa shape index (κ2) is 5.46. The van der Waals surface area contributed by atoms with Gasteiger partial charge in [-0.25, -0.2) is 4.21 Å². The van der Waals surface area contributed by atoms with Gasteiger partial charge < -0.3 is 9.45 Å². The Balaban J connectivity index is 1.82. The lowest BCUT2D eigenvalue weighted by atomic mass is 10.2. The van der Waals surface area contributed by atoms with Gasteiger partial charge in [0.05, 0.1) is 0 Å². The van der Waals surface area contributed by atoms with Crippen LogP contribution in [-0.2, 0) is 17.5 Å². The molecule has 1 aromatic carbocycles. The minimum absolute atomic E-state index is 0.398. The van der Waals surface area contributed by atoms with E-state index in [4.69, 9.17) is 4.55 Å². The molecule has 0 spiro atoms. The highest BCUT2D eigenvalue weighted by Gasteiger charge is 2.17. The predicted molar refractivity (Wildman–Crippen MR) is 67.2 cm³/mol.